The Morgan fingerprint density at radius 1 is 0.700 bits per heavy atom. The standard InChI is InChI=1S/C16H26Cl2N2O8S2/c17-11-7-29(23,24)9-13(11)27-15(21)19-5-3-1-2-4-6-20-16(22)28-14-10-30(25,26)8-12(14)18/h11-14H,1-10H2,(H,19,21)(H,20,22). The smallest absolute Gasteiger partial charge is 0.407 e. The fourth-order valence-electron chi connectivity index (χ4n) is 3.10. The van der Waals surface area contributed by atoms with E-state index >= 15 is 0 Å². The van der Waals surface area contributed by atoms with E-state index in [-0.39, 0.29) is 23.0 Å². The Morgan fingerprint density at radius 3 is 1.37 bits per heavy atom. The SMILES string of the molecule is O=C(NCCCCCCNC(=O)OC1CS(=O)(=O)CC1Cl)OC1CS(=O)(=O)CC1Cl. The van der Waals surface area contributed by atoms with Gasteiger partial charge in [0.1, 0.15) is 12.2 Å². The molecule has 30 heavy (non-hydrogen) atoms. The highest BCUT2D eigenvalue weighted by molar-refractivity contribution is 7.92. The second-order valence-electron chi connectivity index (χ2n) is 7.34. The van der Waals surface area contributed by atoms with Crippen molar-refractivity contribution < 1.29 is 35.9 Å². The van der Waals surface area contributed by atoms with Crippen molar-refractivity contribution in [2.45, 2.75) is 48.6 Å². The summed E-state index contributed by atoms with van der Waals surface area (Å²) in [6.45, 7) is 0.738. The molecule has 2 N–H and O–H groups in total. The number of rotatable bonds is 9. The summed E-state index contributed by atoms with van der Waals surface area (Å²) in [4.78, 5) is 23.4. The number of alkyl carbamates (subject to hydrolysis) is 2. The summed E-state index contributed by atoms with van der Waals surface area (Å²) in [5.74, 6) is -0.904. The number of hydrogen-bond donors (Lipinski definition) is 2. The molecule has 14 heteroatoms. The Kier molecular flexibility index (Phi) is 9.32. The molecule has 0 aromatic heterocycles. The summed E-state index contributed by atoms with van der Waals surface area (Å²) in [5.41, 5.74) is 0. The Labute approximate surface area is 186 Å². The molecule has 0 spiro atoms. The van der Waals surface area contributed by atoms with E-state index in [9.17, 15) is 26.4 Å². The predicted molar refractivity (Wildman–Crippen MR) is 112 cm³/mol. The number of hydrogen-bond acceptors (Lipinski definition) is 8. The van der Waals surface area contributed by atoms with E-state index in [2.05, 4.69) is 10.6 Å². The lowest BCUT2D eigenvalue weighted by Gasteiger charge is -2.14. The monoisotopic (exact) mass is 508 g/mol. The molecule has 2 fully saturated rings. The zero-order valence-corrected chi connectivity index (χ0v) is 19.4. The third-order valence-electron chi connectivity index (χ3n) is 4.63. The van der Waals surface area contributed by atoms with Crippen molar-refractivity contribution in [2.75, 3.05) is 36.1 Å². The summed E-state index contributed by atoms with van der Waals surface area (Å²) in [5, 5.41) is 3.65. The van der Waals surface area contributed by atoms with Gasteiger partial charge in [-0.3, -0.25) is 0 Å². The lowest BCUT2D eigenvalue weighted by atomic mass is 10.2. The summed E-state index contributed by atoms with van der Waals surface area (Å²) >= 11 is 11.7. The van der Waals surface area contributed by atoms with E-state index in [0.29, 0.717) is 25.9 Å². The van der Waals surface area contributed by atoms with Crippen LogP contribution in [0.4, 0.5) is 9.59 Å². The van der Waals surface area contributed by atoms with Gasteiger partial charge in [-0.25, -0.2) is 26.4 Å². The number of carbonyl (C=O) groups excluding carboxylic acids is 2. The zero-order valence-electron chi connectivity index (χ0n) is 16.2. The maximum atomic E-state index is 11.7. The molecule has 4 atom stereocenters. The molecule has 2 saturated heterocycles. The summed E-state index contributed by atoms with van der Waals surface area (Å²) in [6, 6.07) is 0. The van der Waals surface area contributed by atoms with Crippen molar-refractivity contribution in [1.82, 2.24) is 10.6 Å². The summed E-state index contributed by atoms with van der Waals surface area (Å²) in [6.07, 6.45) is -0.115. The van der Waals surface area contributed by atoms with Crippen LogP contribution in [-0.2, 0) is 29.1 Å². The molecule has 10 nitrogen and oxygen atoms in total. The van der Waals surface area contributed by atoms with Crippen LogP contribution in [0.5, 0.6) is 0 Å². The average molecular weight is 509 g/mol. The highest BCUT2D eigenvalue weighted by Gasteiger charge is 2.40. The molecule has 0 aromatic rings. The van der Waals surface area contributed by atoms with Crippen molar-refractivity contribution in [3.8, 4) is 0 Å². The number of halogens is 2. The number of amides is 2. The molecule has 0 aromatic carbocycles. The van der Waals surface area contributed by atoms with Gasteiger partial charge in [0, 0.05) is 13.1 Å². The summed E-state index contributed by atoms with van der Waals surface area (Å²) < 4.78 is 55.8. The normalized spacial score (nSPS) is 29.3. The molecular formula is C16H26Cl2N2O8S2. The first kappa shape index (κ1) is 25.3. The van der Waals surface area contributed by atoms with Crippen LogP contribution in [0.25, 0.3) is 0 Å². The van der Waals surface area contributed by atoms with Crippen molar-refractivity contribution >= 4 is 55.1 Å². The largest absolute Gasteiger partial charge is 0.444 e. The lowest BCUT2D eigenvalue weighted by molar-refractivity contribution is 0.110. The van der Waals surface area contributed by atoms with Gasteiger partial charge in [-0.2, -0.15) is 0 Å². The Morgan fingerprint density at radius 2 is 1.07 bits per heavy atom. The van der Waals surface area contributed by atoms with Gasteiger partial charge in [0.15, 0.2) is 19.7 Å². The molecule has 2 heterocycles. The van der Waals surface area contributed by atoms with Crippen LogP contribution in [0.3, 0.4) is 0 Å². The van der Waals surface area contributed by atoms with E-state index in [1.54, 1.807) is 0 Å². The van der Waals surface area contributed by atoms with Crippen molar-refractivity contribution in [1.29, 1.82) is 0 Å². The molecule has 0 aliphatic carbocycles. The van der Waals surface area contributed by atoms with Crippen LogP contribution >= 0.6 is 23.2 Å². The molecule has 0 bridgehead atoms. The van der Waals surface area contributed by atoms with Crippen LogP contribution in [0, 0.1) is 0 Å². The molecule has 2 aliphatic heterocycles. The number of ether oxygens (including phenoxy) is 2. The van der Waals surface area contributed by atoms with E-state index in [1.807, 2.05) is 0 Å². The van der Waals surface area contributed by atoms with Crippen molar-refractivity contribution in [3.05, 3.63) is 0 Å². The fourth-order valence-corrected chi connectivity index (χ4v) is 8.02. The first-order valence-electron chi connectivity index (χ1n) is 9.55. The second-order valence-corrected chi connectivity index (χ2v) is 12.8. The van der Waals surface area contributed by atoms with E-state index in [4.69, 9.17) is 32.7 Å². The Bertz CT molecular complexity index is 753. The van der Waals surface area contributed by atoms with Gasteiger partial charge >= 0.3 is 12.2 Å². The van der Waals surface area contributed by atoms with Crippen molar-refractivity contribution in [2.24, 2.45) is 0 Å². The van der Waals surface area contributed by atoms with Crippen LogP contribution in [0.1, 0.15) is 25.7 Å². The number of nitrogens with one attached hydrogen (secondary N) is 2. The maximum absolute atomic E-state index is 11.7. The van der Waals surface area contributed by atoms with E-state index < -0.39 is 54.8 Å². The lowest BCUT2D eigenvalue weighted by Crippen LogP contribution is -2.33. The maximum Gasteiger partial charge on any atom is 0.407 e. The van der Waals surface area contributed by atoms with Crippen LogP contribution in [-0.4, -0.2) is 88.1 Å². The van der Waals surface area contributed by atoms with Gasteiger partial charge in [0.05, 0.1) is 33.8 Å². The van der Waals surface area contributed by atoms with Gasteiger partial charge in [0.2, 0.25) is 0 Å². The number of unbranched alkanes of at least 4 members (excludes halogenated alkanes) is 3. The number of sulfone groups is 2. The third kappa shape index (κ3) is 8.64. The fraction of sp³-hybridized carbons (Fsp3) is 0.875. The highest BCUT2D eigenvalue weighted by Crippen LogP contribution is 2.21. The average Bonchev–Trinajstić information content (AvgIpc) is 3.02. The van der Waals surface area contributed by atoms with Crippen LogP contribution in [0.15, 0.2) is 0 Å². The molecule has 0 radical (unpaired) electrons. The summed E-state index contributed by atoms with van der Waals surface area (Å²) in [7, 11) is -6.52. The van der Waals surface area contributed by atoms with Crippen LogP contribution < -0.4 is 10.6 Å². The van der Waals surface area contributed by atoms with Crippen LogP contribution in [0.2, 0.25) is 0 Å². The number of alkyl halides is 2. The minimum atomic E-state index is -3.26. The predicted octanol–water partition coefficient (Wildman–Crippen LogP) is 0.808. The van der Waals surface area contributed by atoms with Gasteiger partial charge < -0.3 is 20.1 Å². The number of carbonyl (C=O) groups is 2. The minimum Gasteiger partial charge on any atom is -0.444 e. The van der Waals surface area contributed by atoms with Gasteiger partial charge in [0.25, 0.3) is 0 Å². The van der Waals surface area contributed by atoms with Gasteiger partial charge in [-0.1, -0.05) is 12.8 Å². The Hall–Kier alpha value is -0.980. The van der Waals surface area contributed by atoms with E-state index in [0.717, 1.165) is 12.8 Å². The molecule has 2 amide bonds. The molecule has 2 aliphatic rings. The molecule has 0 saturated carbocycles. The molecule has 174 valence electrons. The quantitative estimate of drug-likeness (QED) is 0.343. The van der Waals surface area contributed by atoms with Crippen molar-refractivity contribution in [3.63, 3.8) is 0 Å². The van der Waals surface area contributed by atoms with E-state index in [1.165, 1.54) is 0 Å². The Balaban J connectivity index is 1.46. The first-order chi connectivity index (χ1) is 14.0. The third-order valence-corrected chi connectivity index (χ3v) is 9.27. The second kappa shape index (κ2) is 11.1. The topological polar surface area (TPSA) is 145 Å². The van der Waals surface area contributed by atoms with Gasteiger partial charge in [-0.15, -0.1) is 23.2 Å². The first-order valence-corrected chi connectivity index (χ1v) is 14.1. The zero-order chi connectivity index (χ0) is 22.4. The van der Waals surface area contributed by atoms with Gasteiger partial charge in [-0.05, 0) is 12.8 Å². The minimum absolute atomic E-state index is 0.194. The highest BCUT2D eigenvalue weighted by atomic mass is 35.5. The molecule has 2 rings (SSSR count). The molecule has 4 unspecified atom stereocenters. The molecular weight excluding hydrogens is 483 g/mol.